The third-order valence-electron chi connectivity index (χ3n) is 4.26. The normalized spacial score (nSPS) is 29.0. The third kappa shape index (κ3) is 4.07. The summed E-state index contributed by atoms with van der Waals surface area (Å²) in [6.45, 7) is 3.21. The topological polar surface area (TPSA) is 64.6 Å². The Morgan fingerprint density at radius 2 is 1.95 bits per heavy atom. The van der Waals surface area contributed by atoms with Gasteiger partial charge in [-0.25, -0.2) is 13.1 Å². The van der Waals surface area contributed by atoms with Crippen LogP contribution in [-0.4, -0.2) is 39.9 Å². The van der Waals surface area contributed by atoms with E-state index in [-0.39, 0.29) is 24.0 Å². The second kappa shape index (κ2) is 6.66. The summed E-state index contributed by atoms with van der Waals surface area (Å²) in [4.78, 5) is 0. The van der Waals surface area contributed by atoms with Crippen molar-refractivity contribution in [2.45, 2.75) is 50.2 Å². The van der Waals surface area contributed by atoms with E-state index in [0.29, 0.717) is 19.6 Å². The number of hydrogen-bond donors (Lipinski definition) is 1. The highest BCUT2D eigenvalue weighted by atomic mass is 32.2. The highest BCUT2D eigenvalue weighted by Crippen LogP contribution is 2.27. The largest absolute Gasteiger partial charge is 0.373 e. The lowest BCUT2D eigenvalue weighted by molar-refractivity contribution is -0.156. The van der Waals surface area contributed by atoms with Crippen LogP contribution >= 0.6 is 0 Å². The molecule has 22 heavy (non-hydrogen) atoms. The van der Waals surface area contributed by atoms with Crippen molar-refractivity contribution in [1.82, 2.24) is 4.72 Å². The number of nitrogens with one attached hydrogen (secondary N) is 1. The van der Waals surface area contributed by atoms with Crippen molar-refractivity contribution in [2.75, 3.05) is 13.2 Å². The molecule has 1 heterocycles. The lowest BCUT2D eigenvalue weighted by Gasteiger charge is -2.38. The number of sulfonamides is 1. The first-order valence-electron chi connectivity index (χ1n) is 7.80. The standard InChI is InChI=1S/C16H23NO4S/c1-12-3-2-4-13(9-12)11-22(18,19)17-14-5-6-15-16(10-14)21-8-7-20-15/h2-4,9,14-17H,5-8,10-11H2,1H3. The van der Waals surface area contributed by atoms with Gasteiger partial charge in [-0.05, 0) is 31.7 Å². The van der Waals surface area contributed by atoms with E-state index in [1.165, 1.54) is 0 Å². The molecular formula is C16H23NO4S. The van der Waals surface area contributed by atoms with Gasteiger partial charge in [0.15, 0.2) is 0 Å². The first-order valence-corrected chi connectivity index (χ1v) is 9.46. The Morgan fingerprint density at radius 3 is 2.73 bits per heavy atom. The van der Waals surface area contributed by atoms with Crippen molar-refractivity contribution in [3.8, 4) is 0 Å². The minimum absolute atomic E-state index is 0.0224. The summed E-state index contributed by atoms with van der Waals surface area (Å²) in [5.41, 5.74) is 1.89. The first-order chi connectivity index (χ1) is 10.5. The fourth-order valence-electron chi connectivity index (χ4n) is 3.29. The van der Waals surface area contributed by atoms with Crippen molar-refractivity contribution in [3.05, 3.63) is 35.4 Å². The molecule has 5 nitrogen and oxygen atoms in total. The van der Waals surface area contributed by atoms with E-state index in [1.807, 2.05) is 31.2 Å². The number of benzene rings is 1. The molecule has 2 fully saturated rings. The maximum atomic E-state index is 12.4. The Bertz CT molecular complexity index is 616. The second-order valence-electron chi connectivity index (χ2n) is 6.19. The SMILES string of the molecule is Cc1cccc(CS(=O)(=O)NC2CCC3OCCOC3C2)c1. The summed E-state index contributed by atoms with van der Waals surface area (Å²) >= 11 is 0. The molecule has 122 valence electrons. The Kier molecular flexibility index (Phi) is 4.82. The molecule has 2 aliphatic rings. The number of hydrogen-bond acceptors (Lipinski definition) is 4. The summed E-state index contributed by atoms with van der Waals surface area (Å²) in [6.07, 6.45) is 2.50. The Hall–Kier alpha value is -0.950. The van der Waals surface area contributed by atoms with Crippen LogP contribution in [-0.2, 0) is 25.2 Å². The van der Waals surface area contributed by atoms with Gasteiger partial charge < -0.3 is 9.47 Å². The van der Waals surface area contributed by atoms with Crippen LogP contribution in [0, 0.1) is 6.92 Å². The lowest BCUT2D eigenvalue weighted by atomic mass is 9.90. The first kappa shape index (κ1) is 15.9. The fraction of sp³-hybridized carbons (Fsp3) is 0.625. The molecule has 1 aliphatic carbocycles. The second-order valence-corrected chi connectivity index (χ2v) is 7.95. The molecule has 1 aromatic rings. The zero-order chi connectivity index (χ0) is 15.6. The Morgan fingerprint density at radius 1 is 1.18 bits per heavy atom. The maximum Gasteiger partial charge on any atom is 0.216 e. The molecule has 3 rings (SSSR count). The molecule has 3 unspecified atom stereocenters. The van der Waals surface area contributed by atoms with Crippen LogP contribution in [0.1, 0.15) is 30.4 Å². The minimum Gasteiger partial charge on any atom is -0.373 e. The molecule has 0 spiro atoms. The Balaban J connectivity index is 1.59. The van der Waals surface area contributed by atoms with Gasteiger partial charge in [-0.2, -0.15) is 0 Å². The van der Waals surface area contributed by atoms with Crippen LogP contribution in [0.5, 0.6) is 0 Å². The Labute approximate surface area is 132 Å². The average molecular weight is 325 g/mol. The third-order valence-corrected chi connectivity index (χ3v) is 5.67. The molecular weight excluding hydrogens is 302 g/mol. The van der Waals surface area contributed by atoms with E-state index in [9.17, 15) is 8.42 Å². The highest BCUT2D eigenvalue weighted by Gasteiger charge is 2.35. The van der Waals surface area contributed by atoms with Crippen molar-refractivity contribution >= 4 is 10.0 Å². The minimum atomic E-state index is -3.34. The molecule has 3 atom stereocenters. The van der Waals surface area contributed by atoms with Crippen molar-refractivity contribution in [1.29, 1.82) is 0 Å². The van der Waals surface area contributed by atoms with E-state index in [1.54, 1.807) is 0 Å². The van der Waals surface area contributed by atoms with Gasteiger partial charge in [0.05, 0.1) is 31.2 Å². The summed E-state index contributed by atoms with van der Waals surface area (Å²) in [7, 11) is -3.34. The predicted molar refractivity (Wildman–Crippen MR) is 84.1 cm³/mol. The van der Waals surface area contributed by atoms with Crippen LogP contribution < -0.4 is 4.72 Å². The van der Waals surface area contributed by atoms with Crippen LogP contribution in [0.3, 0.4) is 0 Å². The van der Waals surface area contributed by atoms with Crippen LogP contribution in [0.4, 0.5) is 0 Å². The monoisotopic (exact) mass is 325 g/mol. The summed E-state index contributed by atoms with van der Waals surface area (Å²) in [5, 5.41) is 0. The van der Waals surface area contributed by atoms with Gasteiger partial charge >= 0.3 is 0 Å². The highest BCUT2D eigenvalue weighted by molar-refractivity contribution is 7.88. The maximum absolute atomic E-state index is 12.4. The van der Waals surface area contributed by atoms with E-state index in [2.05, 4.69) is 4.72 Å². The van der Waals surface area contributed by atoms with Gasteiger partial charge in [-0.15, -0.1) is 0 Å². The smallest absolute Gasteiger partial charge is 0.216 e. The van der Waals surface area contributed by atoms with Crippen molar-refractivity contribution < 1.29 is 17.9 Å². The van der Waals surface area contributed by atoms with E-state index < -0.39 is 10.0 Å². The number of aryl methyl sites for hydroxylation is 1. The summed E-state index contributed by atoms with van der Waals surface area (Å²) in [6, 6.07) is 7.55. The lowest BCUT2D eigenvalue weighted by Crippen LogP contribution is -2.49. The molecule has 0 aromatic heterocycles. The number of rotatable bonds is 4. The molecule has 1 aromatic carbocycles. The van der Waals surface area contributed by atoms with E-state index in [0.717, 1.165) is 24.0 Å². The van der Waals surface area contributed by atoms with Crippen LogP contribution in [0.2, 0.25) is 0 Å². The van der Waals surface area contributed by atoms with E-state index >= 15 is 0 Å². The van der Waals surface area contributed by atoms with Gasteiger partial charge in [0, 0.05) is 6.04 Å². The van der Waals surface area contributed by atoms with E-state index in [4.69, 9.17) is 9.47 Å². The average Bonchev–Trinajstić information content (AvgIpc) is 2.46. The van der Waals surface area contributed by atoms with Gasteiger partial charge in [0.1, 0.15) is 0 Å². The quantitative estimate of drug-likeness (QED) is 0.916. The molecule has 0 radical (unpaired) electrons. The predicted octanol–water partition coefficient (Wildman–Crippen LogP) is 1.75. The molecule has 1 N–H and O–H groups in total. The molecule has 0 bridgehead atoms. The summed E-state index contributed by atoms with van der Waals surface area (Å²) in [5.74, 6) is 0.0244. The van der Waals surface area contributed by atoms with Crippen LogP contribution in [0.15, 0.2) is 24.3 Å². The zero-order valence-electron chi connectivity index (χ0n) is 12.8. The number of ether oxygens (including phenoxy) is 2. The van der Waals surface area contributed by atoms with Gasteiger partial charge in [-0.1, -0.05) is 29.8 Å². The molecule has 0 amide bonds. The molecule has 1 saturated heterocycles. The number of fused-ring (bicyclic) bond motifs is 1. The van der Waals surface area contributed by atoms with Gasteiger partial charge in [0.2, 0.25) is 10.0 Å². The molecule has 1 saturated carbocycles. The molecule has 1 aliphatic heterocycles. The fourth-order valence-corrected chi connectivity index (χ4v) is 4.71. The van der Waals surface area contributed by atoms with Crippen LogP contribution in [0.25, 0.3) is 0 Å². The summed E-state index contributed by atoms with van der Waals surface area (Å²) < 4.78 is 38.9. The zero-order valence-corrected chi connectivity index (χ0v) is 13.6. The van der Waals surface area contributed by atoms with Crippen molar-refractivity contribution in [3.63, 3.8) is 0 Å². The molecule has 6 heteroatoms. The van der Waals surface area contributed by atoms with Crippen molar-refractivity contribution in [2.24, 2.45) is 0 Å². The van der Waals surface area contributed by atoms with Gasteiger partial charge in [0.25, 0.3) is 0 Å². The van der Waals surface area contributed by atoms with Gasteiger partial charge in [-0.3, -0.25) is 0 Å².